The molecule has 7 heteroatoms. The number of methoxy groups -OCH3 is 1. The first-order valence-corrected chi connectivity index (χ1v) is 6.80. The summed E-state index contributed by atoms with van der Waals surface area (Å²) in [6.45, 7) is 0.949. The van der Waals surface area contributed by atoms with Crippen molar-refractivity contribution in [3.8, 4) is 5.75 Å². The van der Waals surface area contributed by atoms with Crippen LogP contribution in [-0.2, 0) is 9.53 Å². The minimum Gasteiger partial charge on any atom is -0.497 e. The Morgan fingerprint density at radius 3 is 2.65 bits per heavy atom. The molecule has 0 atom stereocenters. The zero-order valence-electron chi connectivity index (χ0n) is 12.7. The number of anilines is 1. The van der Waals surface area contributed by atoms with Crippen LogP contribution in [0.2, 0.25) is 0 Å². The van der Waals surface area contributed by atoms with Gasteiger partial charge in [-0.2, -0.15) is 0 Å². The molecule has 0 fully saturated rings. The third-order valence-electron chi connectivity index (χ3n) is 3.00. The maximum atomic E-state index is 11.8. The summed E-state index contributed by atoms with van der Waals surface area (Å²) in [5, 5.41) is 2.59. The number of Topliss-reactive ketones (excluding diaryl/α,β-unsaturated/α-hetero) is 1. The molecule has 0 unspecified atom stereocenters. The molecule has 2 rings (SSSR count). The van der Waals surface area contributed by atoms with Gasteiger partial charge in [-0.1, -0.05) is 6.07 Å². The maximum absolute atomic E-state index is 11.8. The standard InChI is InChI=1S/C16H16N2O5/c1-10(19)11-6-14(17-8-11)16(21)23-9-15(20)18-12-4-3-5-13(7-12)22-2/h3-8,17H,9H2,1-2H3,(H,18,20). The van der Waals surface area contributed by atoms with E-state index < -0.39 is 18.5 Å². The van der Waals surface area contributed by atoms with Gasteiger partial charge in [0.15, 0.2) is 12.4 Å². The summed E-state index contributed by atoms with van der Waals surface area (Å²) in [6.07, 6.45) is 1.41. The Kier molecular flexibility index (Phi) is 5.14. The minimum atomic E-state index is -0.710. The van der Waals surface area contributed by atoms with Crippen LogP contribution in [0.15, 0.2) is 36.5 Å². The number of hydrogen-bond acceptors (Lipinski definition) is 5. The highest BCUT2D eigenvalue weighted by molar-refractivity contribution is 5.98. The number of carbonyl (C=O) groups excluding carboxylic acids is 3. The number of esters is 1. The number of nitrogens with one attached hydrogen (secondary N) is 2. The predicted octanol–water partition coefficient (Wildman–Crippen LogP) is 2.02. The topological polar surface area (TPSA) is 97.5 Å². The lowest BCUT2D eigenvalue weighted by Gasteiger charge is -2.07. The van der Waals surface area contributed by atoms with Gasteiger partial charge < -0.3 is 19.8 Å². The smallest absolute Gasteiger partial charge is 0.355 e. The normalized spacial score (nSPS) is 10.0. The Balaban J connectivity index is 1.87. The first kappa shape index (κ1) is 16.3. The van der Waals surface area contributed by atoms with E-state index in [1.54, 1.807) is 24.3 Å². The minimum absolute atomic E-state index is 0.115. The molecule has 1 amide bonds. The molecule has 0 aliphatic heterocycles. The third kappa shape index (κ3) is 4.44. The van der Waals surface area contributed by atoms with Crippen LogP contribution in [0, 0.1) is 0 Å². The largest absolute Gasteiger partial charge is 0.497 e. The second-order valence-electron chi connectivity index (χ2n) is 4.71. The van der Waals surface area contributed by atoms with Gasteiger partial charge >= 0.3 is 5.97 Å². The lowest BCUT2D eigenvalue weighted by Crippen LogP contribution is -2.21. The molecule has 0 saturated heterocycles. The van der Waals surface area contributed by atoms with Gasteiger partial charge in [-0.15, -0.1) is 0 Å². The molecule has 0 aliphatic rings. The summed E-state index contributed by atoms with van der Waals surface area (Å²) in [5.74, 6) is -0.762. The number of ketones is 1. The van der Waals surface area contributed by atoms with Crippen molar-refractivity contribution >= 4 is 23.3 Å². The SMILES string of the molecule is COc1cccc(NC(=O)COC(=O)c2cc(C(C)=O)c[nH]2)c1. The number of amides is 1. The van der Waals surface area contributed by atoms with Crippen molar-refractivity contribution in [2.75, 3.05) is 19.0 Å². The van der Waals surface area contributed by atoms with Gasteiger partial charge in [0.05, 0.1) is 7.11 Å². The Hall–Kier alpha value is -3.09. The van der Waals surface area contributed by atoms with Gasteiger partial charge in [-0.05, 0) is 25.1 Å². The predicted molar refractivity (Wildman–Crippen MR) is 82.7 cm³/mol. The molecule has 2 aromatic rings. The fourth-order valence-electron chi connectivity index (χ4n) is 1.82. The van der Waals surface area contributed by atoms with E-state index in [4.69, 9.17) is 9.47 Å². The lowest BCUT2D eigenvalue weighted by molar-refractivity contribution is -0.119. The average molecular weight is 316 g/mol. The van der Waals surface area contributed by atoms with Crippen LogP contribution in [0.4, 0.5) is 5.69 Å². The number of hydrogen-bond donors (Lipinski definition) is 2. The van der Waals surface area contributed by atoms with Crippen LogP contribution >= 0.6 is 0 Å². The number of benzene rings is 1. The summed E-state index contributed by atoms with van der Waals surface area (Å²) < 4.78 is 9.93. The van der Waals surface area contributed by atoms with Crippen LogP contribution in [0.5, 0.6) is 5.75 Å². The molecule has 0 bridgehead atoms. The van der Waals surface area contributed by atoms with Crippen LogP contribution < -0.4 is 10.1 Å². The molecular formula is C16H16N2O5. The van der Waals surface area contributed by atoms with Crippen molar-refractivity contribution in [2.45, 2.75) is 6.92 Å². The van der Waals surface area contributed by atoms with Gasteiger partial charge in [-0.25, -0.2) is 4.79 Å². The number of aromatic nitrogens is 1. The lowest BCUT2D eigenvalue weighted by atomic mass is 10.2. The first-order valence-electron chi connectivity index (χ1n) is 6.80. The molecule has 120 valence electrons. The summed E-state index contributed by atoms with van der Waals surface area (Å²) in [7, 11) is 1.52. The first-order chi connectivity index (χ1) is 11.0. The van der Waals surface area contributed by atoms with Crippen molar-refractivity contribution in [2.24, 2.45) is 0 Å². The molecule has 7 nitrogen and oxygen atoms in total. The second-order valence-corrected chi connectivity index (χ2v) is 4.71. The zero-order valence-corrected chi connectivity index (χ0v) is 12.7. The van der Waals surface area contributed by atoms with Crippen molar-refractivity contribution in [1.29, 1.82) is 0 Å². The summed E-state index contributed by atoms with van der Waals surface area (Å²) in [5.41, 5.74) is 1.02. The Bertz CT molecular complexity index is 736. The molecular weight excluding hydrogens is 300 g/mol. The van der Waals surface area contributed by atoms with Crippen LogP contribution in [0.1, 0.15) is 27.8 Å². The Morgan fingerprint density at radius 1 is 1.22 bits per heavy atom. The molecule has 0 spiro atoms. The monoisotopic (exact) mass is 316 g/mol. The number of ether oxygens (including phenoxy) is 2. The Labute approximate surface area is 132 Å². The zero-order chi connectivity index (χ0) is 16.8. The quantitative estimate of drug-likeness (QED) is 0.627. The third-order valence-corrected chi connectivity index (χ3v) is 3.00. The number of carbonyl (C=O) groups is 3. The number of aromatic amines is 1. The van der Waals surface area contributed by atoms with Gasteiger partial charge in [0.2, 0.25) is 0 Å². The van der Waals surface area contributed by atoms with Crippen molar-refractivity contribution in [3.63, 3.8) is 0 Å². The highest BCUT2D eigenvalue weighted by Crippen LogP contribution is 2.16. The Morgan fingerprint density at radius 2 is 2.00 bits per heavy atom. The van der Waals surface area contributed by atoms with Gasteiger partial charge in [0, 0.05) is 23.5 Å². The van der Waals surface area contributed by atoms with Crippen molar-refractivity contribution in [3.05, 3.63) is 47.8 Å². The molecule has 23 heavy (non-hydrogen) atoms. The van der Waals surface area contributed by atoms with Crippen molar-refractivity contribution < 1.29 is 23.9 Å². The molecule has 2 N–H and O–H groups in total. The van der Waals surface area contributed by atoms with Gasteiger partial charge in [0.25, 0.3) is 5.91 Å². The fourth-order valence-corrected chi connectivity index (χ4v) is 1.82. The van der Waals surface area contributed by atoms with Crippen LogP contribution in [0.3, 0.4) is 0 Å². The van der Waals surface area contributed by atoms with E-state index >= 15 is 0 Å². The van der Waals surface area contributed by atoms with E-state index in [1.807, 2.05) is 0 Å². The molecule has 0 saturated carbocycles. The molecule has 0 aliphatic carbocycles. The number of H-pyrrole nitrogens is 1. The summed E-state index contributed by atoms with van der Waals surface area (Å²) in [4.78, 5) is 37.3. The highest BCUT2D eigenvalue weighted by Gasteiger charge is 2.14. The fraction of sp³-hybridized carbons (Fsp3) is 0.188. The van der Waals surface area contributed by atoms with E-state index in [2.05, 4.69) is 10.3 Å². The molecule has 1 aromatic heterocycles. The van der Waals surface area contributed by atoms with Gasteiger partial charge in [0.1, 0.15) is 11.4 Å². The van der Waals surface area contributed by atoms with E-state index in [0.29, 0.717) is 17.0 Å². The van der Waals surface area contributed by atoms with Crippen LogP contribution in [-0.4, -0.2) is 36.4 Å². The maximum Gasteiger partial charge on any atom is 0.355 e. The summed E-state index contributed by atoms with van der Waals surface area (Å²) >= 11 is 0. The van der Waals surface area contributed by atoms with E-state index in [1.165, 1.54) is 26.3 Å². The van der Waals surface area contributed by atoms with Crippen LogP contribution in [0.25, 0.3) is 0 Å². The molecule has 1 heterocycles. The van der Waals surface area contributed by atoms with E-state index in [-0.39, 0.29) is 11.5 Å². The highest BCUT2D eigenvalue weighted by atomic mass is 16.5. The van der Waals surface area contributed by atoms with E-state index in [9.17, 15) is 14.4 Å². The molecule has 0 radical (unpaired) electrons. The summed E-state index contributed by atoms with van der Waals surface area (Å²) in [6, 6.07) is 8.18. The molecule has 1 aromatic carbocycles. The number of rotatable bonds is 6. The van der Waals surface area contributed by atoms with E-state index in [0.717, 1.165) is 0 Å². The van der Waals surface area contributed by atoms with Crippen molar-refractivity contribution in [1.82, 2.24) is 4.98 Å². The second kappa shape index (κ2) is 7.26. The van der Waals surface area contributed by atoms with Gasteiger partial charge in [-0.3, -0.25) is 9.59 Å². The average Bonchev–Trinajstić information content (AvgIpc) is 3.03.